The van der Waals surface area contributed by atoms with Gasteiger partial charge in [-0.3, -0.25) is 0 Å². The van der Waals surface area contributed by atoms with Crippen LogP contribution in [0.25, 0.3) is 0 Å². The van der Waals surface area contributed by atoms with E-state index >= 15 is 0 Å². The van der Waals surface area contributed by atoms with Gasteiger partial charge in [0.2, 0.25) is 0 Å². The van der Waals surface area contributed by atoms with E-state index in [4.69, 9.17) is 4.42 Å². The minimum atomic E-state index is -0.350. The number of aromatic amines is 1. The summed E-state index contributed by atoms with van der Waals surface area (Å²) in [4.78, 5) is 14.2. The maximum Gasteiger partial charge on any atom is 0.354 e. The first-order valence-corrected chi connectivity index (χ1v) is 5.79. The molecule has 5 nitrogen and oxygen atoms in total. The first kappa shape index (κ1) is 12.4. The van der Waals surface area contributed by atoms with Crippen LogP contribution in [0.2, 0.25) is 0 Å². The molecule has 0 unspecified atom stereocenters. The van der Waals surface area contributed by atoms with Gasteiger partial charge < -0.3 is 19.5 Å². The van der Waals surface area contributed by atoms with E-state index in [0.717, 1.165) is 24.4 Å². The van der Waals surface area contributed by atoms with Crippen LogP contribution in [0.15, 0.2) is 34.9 Å². The molecule has 0 atom stereocenters. The molecule has 0 fully saturated rings. The largest absolute Gasteiger partial charge is 0.469 e. The van der Waals surface area contributed by atoms with Gasteiger partial charge in [0.25, 0.3) is 0 Å². The monoisotopic (exact) mass is 248 g/mol. The highest BCUT2D eigenvalue weighted by Gasteiger charge is 2.07. The van der Waals surface area contributed by atoms with Crippen LogP contribution in [0, 0.1) is 0 Å². The van der Waals surface area contributed by atoms with E-state index in [2.05, 4.69) is 15.0 Å². The van der Waals surface area contributed by atoms with Gasteiger partial charge in [-0.05, 0) is 24.3 Å². The lowest BCUT2D eigenvalue weighted by molar-refractivity contribution is 0.0594. The molecule has 2 rings (SSSR count). The zero-order chi connectivity index (χ0) is 12.8. The van der Waals surface area contributed by atoms with Crippen LogP contribution in [0.4, 0.5) is 0 Å². The fourth-order valence-corrected chi connectivity index (χ4v) is 1.66. The van der Waals surface area contributed by atoms with Crippen molar-refractivity contribution in [2.24, 2.45) is 0 Å². The zero-order valence-electron chi connectivity index (χ0n) is 10.2. The summed E-state index contributed by atoms with van der Waals surface area (Å²) >= 11 is 0. The van der Waals surface area contributed by atoms with E-state index in [1.165, 1.54) is 7.11 Å². The second-order valence-electron chi connectivity index (χ2n) is 3.89. The highest BCUT2D eigenvalue weighted by molar-refractivity contribution is 5.87. The Kier molecular flexibility index (Phi) is 4.20. The Bertz CT molecular complexity index is 488. The van der Waals surface area contributed by atoms with Gasteiger partial charge >= 0.3 is 5.97 Å². The average Bonchev–Trinajstić information content (AvgIpc) is 3.05. The number of carbonyl (C=O) groups is 1. The SMILES string of the molecule is COC(=O)c1ccc(CNCCc2ccco2)[nH]1. The van der Waals surface area contributed by atoms with Crippen molar-refractivity contribution < 1.29 is 13.9 Å². The summed E-state index contributed by atoms with van der Waals surface area (Å²) in [6.45, 7) is 1.50. The number of H-pyrrole nitrogens is 1. The molecule has 0 radical (unpaired) electrons. The average molecular weight is 248 g/mol. The molecule has 0 saturated carbocycles. The molecule has 0 saturated heterocycles. The molecule has 0 bridgehead atoms. The third kappa shape index (κ3) is 3.24. The summed E-state index contributed by atoms with van der Waals surface area (Å²) < 4.78 is 9.85. The molecule has 5 heteroatoms. The first-order valence-electron chi connectivity index (χ1n) is 5.79. The first-order chi connectivity index (χ1) is 8.79. The van der Waals surface area contributed by atoms with Crippen molar-refractivity contribution in [3.63, 3.8) is 0 Å². The number of nitrogens with one attached hydrogen (secondary N) is 2. The standard InChI is InChI=1S/C13H16N2O3/c1-17-13(16)12-5-4-10(15-12)9-14-7-6-11-3-2-8-18-11/h2-5,8,14-15H,6-7,9H2,1H3. The van der Waals surface area contributed by atoms with Gasteiger partial charge in [-0.25, -0.2) is 4.79 Å². The van der Waals surface area contributed by atoms with Crippen molar-refractivity contribution in [1.29, 1.82) is 0 Å². The minimum absolute atomic E-state index is 0.350. The summed E-state index contributed by atoms with van der Waals surface area (Å²) in [5, 5.41) is 3.27. The van der Waals surface area contributed by atoms with Gasteiger partial charge in [0.05, 0.1) is 13.4 Å². The normalized spacial score (nSPS) is 10.5. The Morgan fingerprint density at radius 2 is 2.33 bits per heavy atom. The van der Waals surface area contributed by atoms with Gasteiger partial charge in [0.15, 0.2) is 0 Å². The summed E-state index contributed by atoms with van der Waals surface area (Å²) in [6, 6.07) is 7.41. The third-order valence-electron chi connectivity index (χ3n) is 2.60. The zero-order valence-corrected chi connectivity index (χ0v) is 10.2. The quantitative estimate of drug-likeness (QED) is 0.603. The third-order valence-corrected chi connectivity index (χ3v) is 2.60. The van der Waals surface area contributed by atoms with Gasteiger partial charge in [0, 0.05) is 25.2 Å². The molecule has 0 aromatic carbocycles. The van der Waals surface area contributed by atoms with Crippen molar-refractivity contribution in [3.05, 3.63) is 47.7 Å². The summed E-state index contributed by atoms with van der Waals surface area (Å²) in [7, 11) is 1.37. The molecule has 2 aromatic heterocycles. The Labute approximate surface area is 105 Å². The van der Waals surface area contributed by atoms with Crippen LogP contribution in [0.5, 0.6) is 0 Å². The van der Waals surface area contributed by atoms with Gasteiger partial charge in [0.1, 0.15) is 11.5 Å². The second kappa shape index (κ2) is 6.07. The van der Waals surface area contributed by atoms with Crippen molar-refractivity contribution >= 4 is 5.97 Å². The number of hydrogen-bond acceptors (Lipinski definition) is 4. The van der Waals surface area contributed by atoms with Crippen LogP contribution < -0.4 is 5.32 Å². The molecule has 0 aliphatic carbocycles. The van der Waals surface area contributed by atoms with Gasteiger partial charge in [-0.2, -0.15) is 0 Å². The minimum Gasteiger partial charge on any atom is -0.469 e. The van der Waals surface area contributed by atoms with E-state index in [0.29, 0.717) is 12.2 Å². The molecule has 96 valence electrons. The number of carbonyl (C=O) groups excluding carboxylic acids is 1. The van der Waals surface area contributed by atoms with E-state index in [-0.39, 0.29) is 5.97 Å². The Hall–Kier alpha value is -2.01. The fraction of sp³-hybridized carbons (Fsp3) is 0.308. The van der Waals surface area contributed by atoms with E-state index in [9.17, 15) is 4.79 Å². The molecule has 2 heterocycles. The Balaban J connectivity index is 1.73. The number of methoxy groups -OCH3 is 1. The molecule has 2 N–H and O–H groups in total. The lowest BCUT2D eigenvalue weighted by Gasteiger charge is -2.01. The van der Waals surface area contributed by atoms with Crippen LogP contribution in [-0.4, -0.2) is 24.6 Å². The topological polar surface area (TPSA) is 67.3 Å². The summed E-state index contributed by atoms with van der Waals surface area (Å²) in [5.74, 6) is 0.612. The van der Waals surface area contributed by atoms with Crippen molar-refractivity contribution in [3.8, 4) is 0 Å². The lowest BCUT2D eigenvalue weighted by atomic mass is 10.3. The van der Waals surface area contributed by atoms with Gasteiger partial charge in [-0.1, -0.05) is 0 Å². The molecule has 0 aliphatic rings. The van der Waals surface area contributed by atoms with E-state index in [1.54, 1.807) is 12.3 Å². The number of aromatic nitrogens is 1. The molecule has 18 heavy (non-hydrogen) atoms. The van der Waals surface area contributed by atoms with Crippen LogP contribution in [-0.2, 0) is 17.7 Å². The number of furan rings is 1. The van der Waals surface area contributed by atoms with Crippen molar-refractivity contribution in [1.82, 2.24) is 10.3 Å². The highest BCUT2D eigenvalue weighted by Crippen LogP contribution is 2.03. The molecule has 2 aromatic rings. The fourth-order valence-electron chi connectivity index (χ4n) is 1.66. The smallest absolute Gasteiger partial charge is 0.354 e. The lowest BCUT2D eigenvalue weighted by Crippen LogP contribution is -2.16. The van der Waals surface area contributed by atoms with Crippen LogP contribution >= 0.6 is 0 Å². The second-order valence-corrected chi connectivity index (χ2v) is 3.89. The predicted octanol–water partition coefficient (Wildman–Crippen LogP) is 1.73. The number of hydrogen-bond donors (Lipinski definition) is 2. The Morgan fingerprint density at radius 1 is 1.44 bits per heavy atom. The summed E-state index contributed by atoms with van der Waals surface area (Å²) in [6.07, 6.45) is 2.51. The highest BCUT2D eigenvalue weighted by atomic mass is 16.5. The molecule has 0 amide bonds. The Morgan fingerprint density at radius 3 is 3.06 bits per heavy atom. The van der Waals surface area contributed by atoms with E-state index < -0.39 is 0 Å². The predicted molar refractivity (Wildman–Crippen MR) is 66.3 cm³/mol. The number of esters is 1. The number of ether oxygens (including phenoxy) is 1. The molecular weight excluding hydrogens is 232 g/mol. The maximum atomic E-state index is 11.2. The van der Waals surface area contributed by atoms with Gasteiger partial charge in [-0.15, -0.1) is 0 Å². The maximum absolute atomic E-state index is 11.2. The van der Waals surface area contributed by atoms with Crippen LogP contribution in [0.3, 0.4) is 0 Å². The van der Waals surface area contributed by atoms with Crippen molar-refractivity contribution in [2.45, 2.75) is 13.0 Å². The summed E-state index contributed by atoms with van der Waals surface area (Å²) in [5.41, 5.74) is 1.43. The van der Waals surface area contributed by atoms with E-state index in [1.807, 2.05) is 18.2 Å². The number of rotatable bonds is 6. The molecule has 0 aliphatic heterocycles. The molecule has 0 spiro atoms. The van der Waals surface area contributed by atoms with Crippen molar-refractivity contribution in [2.75, 3.05) is 13.7 Å². The van der Waals surface area contributed by atoms with Crippen LogP contribution in [0.1, 0.15) is 21.9 Å². The molecular formula is C13H16N2O3.